The Kier molecular flexibility index (Phi) is 7.93. The predicted octanol–water partition coefficient (Wildman–Crippen LogP) is 2.93. The summed E-state index contributed by atoms with van der Waals surface area (Å²) in [7, 11) is -20.1. The number of hydrogen-bond acceptors (Lipinski definition) is 13. The van der Waals surface area contributed by atoms with Crippen molar-refractivity contribution in [2.45, 2.75) is 19.6 Å². The van der Waals surface area contributed by atoms with Gasteiger partial charge in [0.05, 0.1) is 21.2 Å². The van der Waals surface area contributed by atoms with E-state index in [0.29, 0.717) is 12.1 Å². The monoisotopic (exact) mass is 719 g/mol. The van der Waals surface area contributed by atoms with Gasteiger partial charge in [-0.2, -0.15) is 38.7 Å². The van der Waals surface area contributed by atoms with Crippen LogP contribution < -0.4 is 10.6 Å². The van der Waals surface area contributed by atoms with Crippen LogP contribution in [-0.4, -0.2) is 66.8 Å². The summed E-state index contributed by atoms with van der Waals surface area (Å²) in [4.78, 5) is 7.36. The molecule has 242 valence electrons. The first kappa shape index (κ1) is 32.9. The molecule has 0 radical (unpaired) electrons. The normalized spacial score (nSPS) is 12.8. The summed E-state index contributed by atoms with van der Waals surface area (Å²) < 4.78 is 163. The van der Waals surface area contributed by atoms with Crippen LogP contribution in [-0.2, 0) is 40.5 Å². The van der Waals surface area contributed by atoms with Crippen LogP contribution in [0.3, 0.4) is 0 Å². The van der Waals surface area contributed by atoms with Crippen molar-refractivity contribution in [1.29, 1.82) is 0 Å². The third kappa shape index (κ3) is 6.42. The number of anilines is 4. The van der Waals surface area contributed by atoms with Gasteiger partial charge in [-0.15, -0.1) is 0 Å². The third-order valence-corrected chi connectivity index (χ3v) is 9.63. The van der Waals surface area contributed by atoms with Crippen LogP contribution in [0.2, 0.25) is 0 Å². The maximum atomic E-state index is 15.4. The van der Waals surface area contributed by atoms with E-state index in [9.17, 15) is 51.9 Å². The van der Waals surface area contributed by atoms with Gasteiger partial charge in [0.25, 0.3) is 40.5 Å². The van der Waals surface area contributed by atoms with Crippen LogP contribution >= 0.6 is 0 Å². The lowest BCUT2D eigenvalue weighted by Gasteiger charge is -2.15. The summed E-state index contributed by atoms with van der Waals surface area (Å²) >= 11 is 0. The van der Waals surface area contributed by atoms with E-state index in [1.165, 1.54) is 0 Å². The summed E-state index contributed by atoms with van der Waals surface area (Å²) in [6.45, 7) is 0. The van der Waals surface area contributed by atoms with Gasteiger partial charge in [-0.3, -0.25) is 18.2 Å². The average Bonchev–Trinajstić information content (AvgIpc) is 2.93. The minimum Gasteiger partial charge on any atom is -0.321 e. The minimum atomic E-state index is -5.25. The van der Waals surface area contributed by atoms with Crippen molar-refractivity contribution in [2.75, 3.05) is 10.6 Å². The van der Waals surface area contributed by atoms with Gasteiger partial charge in [-0.05, 0) is 47.2 Å². The second-order valence-corrected chi connectivity index (χ2v) is 14.8. The molecule has 5 aromatic rings. The Morgan fingerprint density at radius 1 is 0.543 bits per heavy atom. The lowest BCUT2D eigenvalue weighted by Crippen LogP contribution is -2.10. The highest BCUT2D eigenvalue weighted by Gasteiger charge is 2.26. The Labute approximate surface area is 257 Å². The number of rotatable bonds is 8. The van der Waals surface area contributed by atoms with Crippen molar-refractivity contribution >= 4 is 85.3 Å². The molecule has 0 atom stereocenters. The minimum absolute atomic E-state index is 0.195. The zero-order valence-corrected chi connectivity index (χ0v) is 25.2. The molecule has 46 heavy (non-hydrogen) atoms. The van der Waals surface area contributed by atoms with E-state index in [2.05, 4.69) is 25.6 Å². The maximum absolute atomic E-state index is 15.4. The van der Waals surface area contributed by atoms with Crippen LogP contribution in [0.4, 0.5) is 32.1 Å². The summed E-state index contributed by atoms with van der Waals surface area (Å²) in [5, 5.41) is 3.69. The molecule has 5 rings (SSSR count). The summed E-state index contributed by atoms with van der Waals surface area (Å²) in [5.41, 5.74) is -1.43. The number of fused-ring (bicyclic) bond motifs is 2. The van der Waals surface area contributed by atoms with Crippen molar-refractivity contribution in [2.24, 2.45) is 0 Å². The van der Waals surface area contributed by atoms with Gasteiger partial charge in [0.2, 0.25) is 11.9 Å². The Morgan fingerprint density at radius 3 is 1.24 bits per heavy atom. The zero-order chi connectivity index (χ0) is 34.0. The number of halogens is 2. The molecule has 0 saturated heterocycles. The highest BCUT2D eigenvalue weighted by Crippen LogP contribution is 2.36. The van der Waals surface area contributed by atoms with Gasteiger partial charge < -0.3 is 10.6 Å². The second kappa shape index (κ2) is 11.1. The van der Waals surface area contributed by atoms with Crippen LogP contribution in [0.25, 0.3) is 21.5 Å². The van der Waals surface area contributed by atoms with E-state index < -0.39 is 95.0 Å². The molecule has 0 spiro atoms. The van der Waals surface area contributed by atoms with Crippen molar-refractivity contribution in [3.8, 4) is 0 Å². The van der Waals surface area contributed by atoms with Crippen molar-refractivity contribution in [3.63, 3.8) is 0 Å². The van der Waals surface area contributed by atoms with Crippen LogP contribution in [0, 0.1) is 11.6 Å². The fraction of sp³-hybridized carbons (Fsp3) is 0. The number of benzene rings is 4. The van der Waals surface area contributed by atoms with E-state index in [-0.39, 0.29) is 21.5 Å². The number of nitrogens with zero attached hydrogens (tertiary/aromatic N) is 3. The highest BCUT2D eigenvalue weighted by atomic mass is 32.2. The molecule has 0 fully saturated rings. The van der Waals surface area contributed by atoms with E-state index in [4.69, 9.17) is 0 Å². The first-order chi connectivity index (χ1) is 21.1. The summed E-state index contributed by atoms with van der Waals surface area (Å²) in [6, 6.07) is 6.47. The second-order valence-electron chi connectivity index (χ2n) is 9.18. The van der Waals surface area contributed by atoms with E-state index in [0.717, 1.165) is 42.7 Å². The molecule has 23 heteroatoms. The molecule has 6 N–H and O–H groups in total. The van der Waals surface area contributed by atoms with Crippen molar-refractivity contribution < 1.29 is 60.7 Å². The number of aromatic nitrogens is 3. The van der Waals surface area contributed by atoms with Gasteiger partial charge in [-0.25, -0.2) is 18.7 Å². The van der Waals surface area contributed by atoms with E-state index >= 15 is 8.78 Å². The van der Waals surface area contributed by atoms with Crippen molar-refractivity contribution in [3.05, 3.63) is 66.5 Å². The molecule has 0 amide bonds. The topological polar surface area (TPSA) is 280 Å². The molecule has 0 aliphatic rings. The first-order valence-corrected chi connectivity index (χ1v) is 17.6. The van der Waals surface area contributed by atoms with E-state index in [1.807, 2.05) is 0 Å². The number of hydrogen-bond donors (Lipinski definition) is 6. The fourth-order valence-electron chi connectivity index (χ4n) is 4.25. The van der Waals surface area contributed by atoms with E-state index in [1.54, 1.807) is 0 Å². The molecule has 0 aliphatic carbocycles. The molecule has 0 unspecified atom stereocenters. The van der Waals surface area contributed by atoms with Crippen LogP contribution in [0.1, 0.15) is 0 Å². The van der Waals surface area contributed by atoms with Gasteiger partial charge >= 0.3 is 0 Å². The average molecular weight is 720 g/mol. The largest absolute Gasteiger partial charge is 0.321 e. The molecule has 17 nitrogen and oxygen atoms in total. The lowest BCUT2D eigenvalue weighted by molar-refractivity contribution is 0.471. The van der Waals surface area contributed by atoms with Gasteiger partial charge in [0.1, 0.15) is 16.1 Å². The summed E-state index contributed by atoms with van der Waals surface area (Å²) in [6.07, 6.45) is 0.782. The molecule has 0 saturated carbocycles. The van der Waals surface area contributed by atoms with Gasteiger partial charge in [0.15, 0.2) is 11.6 Å². The quantitative estimate of drug-likeness (QED) is 0.126. The van der Waals surface area contributed by atoms with Crippen LogP contribution in [0.5, 0.6) is 0 Å². The molecular formula is C23H15F2N5O12S4. The fourth-order valence-corrected chi connectivity index (χ4v) is 6.49. The molecular weight excluding hydrogens is 705 g/mol. The van der Waals surface area contributed by atoms with Crippen molar-refractivity contribution in [1.82, 2.24) is 15.0 Å². The Morgan fingerprint density at radius 2 is 0.913 bits per heavy atom. The summed E-state index contributed by atoms with van der Waals surface area (Å²) in [5.74, 6) is -4.30. The number of nitrogens with one attached hydrogen (secondary N) is 2. The highest BCUT2D eigenvalue weighted by molar-refractivity contribution is 7.86. The Hall–Kier alpha value is -4.49. The molecule has 0 aliphatic heterocycles. The smallest absolute Gasteiger partial charge is 0.297 e. The van der Waals surface area contributed by atoms with Gasteiger partial charge in [-0.1, -0.05) is 12.1 Å². The maximum Gasteiger partial charge on any atom is 0.297 e. The van der Waals surface area contributed by atoms with Crippen LogP contribution in [0.15, 0.2) is 74.4 Å². The zero-order valence-electron chi connectivity index (χ0n) is 22.0. The predicted molar refractivity (Wildman–Crippen MR) is 153 cm³/mol. The lowest BCUT2D eigenvalue weighted by atomic mass is 10.1. The Bertz CT molecular complexity index is 2390. The molecule has 0 bridgehead atoms. The third-order valence-electron chi connectivity index (χ3n) is 6.23. The SMILES string of the molecule is O=S(=O)(O)c1ccc2c(Nc3ncnc(Nc4c(F)c(S(=O)(=O)O)cc5cc(S(=O)(=O)O)ccc45)n3)c(F)c(S(=O)(=O)O)cc2c1. The first-order valence-electron chi connectivity index (χ1n) is 11.8. The molecule has 1 heterocycles. The Balaban J connectivity index is 1.65. The molecule has 4 aromatic carbocycles. The van der Waals surface area contributed by atoms with Gasteiger partial charge in [0, 0.05) is 10.8 Å². The molecule has 1 aromatic heterocycles. The standard InChI is InChI=1S/C23H15F2N5O12S4/c24-18-16(45(37,38)39)7-10-5-12(43(31,32)33)1-3-14(10)20(18)28-22-26-9-27-23(30-22)29-21-15-4-2-13(44(34,35)36)6-11(15)8-17(19(21)25)46(40,41)42/h1-9H,(H,31,32,33)(H,34,35,36)(H,37,38,39)(H,40,41,42)(H2,26,27,28,29,30).